The fraction of sp³-hybridized carbons (Fsp3) is 0.625. The molecule has 0 aromatic rings. The maximum absolute atomic E-state index is 10.5. The maximum Gasteiger partial charge on any atom is 0.149 e. The van der Waals surface area contributed by atoms with Gasteiger partial charge in [-0.25, -0.2) is 0 Å². The summed E-state index contributed by atoms with van der Waals surface area (Å²) in [7, 11) is 1.76. The van der Waals surface area contributed by atoms with Gasteiger partial charge in [-0.2, -0.15) is 0 Å². The summed E-state index contributed by atoms with van der Waals surface area (Å²) >= 11 is 0. The van der Waals surface area contributed by atoms with Gasteiger partial charge in [-0.15, -0.1) is 0 Å². The van der Waals surface area contributed by atoms with Crippen LogP contribution >= 0.6 is 0 Å². The van der Waals surface area contributed by atoms with Crippen LogP contribution in [0.4, 0.5) is 0 Å². The molecule has 0 heterocycles. The summed E-state index contributed by atoms with van der Waals surface area (Å²) in [6, 6.07) is 0. The van der Waals surface area contributed by atoms with Crippen LogP contribution in [0.1, 0.15) is 44.9 Å². The molecular weight excluding hydrogens is 238 g/mol. The van der Waals surface area contributed by atoms with Gasteiger partial charge >= 0.3 is 0 Å². The second-order valence-corrected chi connectivity index (χ2v) is 4.85. The van der Waals surface area contributed by atoms with Crippen molar-refractivity contribution in [3.63, 3.8) is 0 Å². The molecule has 0 unspecified atom stereocenters. The minimum atomic E-state index is 0.759. The fourth-order valence-electron chi connectivity index (χ4n) is 2.04. The SMILES string of the molecule is COCCCCCCCCN=C1C=CC(C=O)=CC1. The van der Waals surface area contributed by atoms with Gasteiger partial charge in [0.05, 0.1) is 0 Å². The molecule has 1 aliphatic carbocycles. The average molecular weight is 263 g/mol. The van der Waals surface area contributed by atoms with Crippen LogP contribution in [-0.2, 0) is 9.53 Å². The third kappa shape index (κ3) is 7.73. The number of unbranched alkanes of at least 4 members (excludes halogenated alkanes) is 5. The van der Waals surface area contributed by atoms with Crippen molar-refractivity contribution in [3.8, 4) is 0 Å². The zero-order valence-electron chi connectivity index (χ0n) is 11.9. The molecule has 19 heavy (non-hydrogen) atoms. The zero-order chi connectivity index (χ0) is 13.8. The first-order valence-corrected chi connectivity index (χ1v) is 7.22. The minimum absolute atomic E-state index is 0.759. The summed E-state index contributed by atoms with van der Waals surface area (Å²) in [6.07, 6.45) is 14.8. The number of ether oxygens (including phenoxy) is 1. The minimum Gasteiger partial charge on any atom is -0.385 e. The van der Waals surface area contributed by atoms with Gasteiger partial charge in [-0.1, -0.05) is 37.8 Å². The fourth-order valence-corrected chi connectivity index (χ4v) is 2.04. The number of nitrogens with zero attached hydrogens (tertiary/aromatic N) is 1. The molecule has 0 aromatic heterocycles. The van der Waals surface area contributed by atoms with E-state index in [4.69, 9.17) is 4.74 Å². The number of rotatable bonds is 10. The highest BCUT2D eigenvalue weighted by molar-refractivity contribution is 6.00. The van der Waals surface area contributed by atoms with Crippen LogP contribution in [0.25, 0.3) is 0 Å². The first-order valence-electron chi connectivity index (χ1n) is 7.22. The van der Waals surface area contributed by atoms with E-state index in [2.05, 4.69) is 4.99 Å². The van der Waals surface area contributed by atoms with E-state index >= 15 is 0 Å². The van der Waals surface area contributed by atoms with Crippen LogP contribution < -0.4 is 0 Å². The van der Waals surface area contributed by atoms with Crippen molar-refractivity contribution < 1.29 is 9.53 Å². The van der Waals surface area contributed by atoms with Gasteiger partial charge in [0.1, 0.15) is 6.29 Å². The summed E-state index contributed by atoms with van der Waals surface area (Å²) in [5.74, 6) is 0. The van der Waals surface area contributed by atoms with Crippen LogP contribution in [-0.4, -0.2) is 32.3 Å². The molecule has 0 amide bonds. The lowest BCUT2D eigenvalue weighted by molar-refractivity contribution is -0.104. The number of methoxy groups -OCH3 is 1. The Kier molecular flexibility index (Phi) is 8.90. The Hall–Kier alpha value is -1.22. The molecular formula is C16H25NO2. The average Bonchev–Trinajstić information content (AvgIpc) is 2.46. The quantitative estimate of drug-likeness (QED) is 0.447. The predicted molar refractivity (Wildman–Crippen MR) is 79.8 cm³/mol. The van der Waals surface area contributed by atoms with Crippen molar-refractivity contribution in [2.45, 2.75) is 44.9 Å². The Morgan fingerprint density at radius 2 is 1.89 bits per heavy atom. The van der Waals surface area contributed by atoms with Gasteiger partial charge in [0, 0.05) is 38.0 Å². The van der Waals surface area contributed by atoms with Gasteiger partial charge in [-0.05, 0) is 18.9 Å². The lowest BCUT2D eigenvalue weighted by Crippen LogP contribution is -2.00. The monoisotopic (exact) mass is 263 g/mol. The van der Waals surface area contributed by atoms with Crippen LogP contribution in [0.3, 0.4) is 0 Å². The van der Waals surface area contributed by atoms with Crippen molar-refractivity contribution in [2.24, 2.45) is 4.99 Å². The van der Waals surface area contributed by atoms with Gasteiger partial charge in [-0.3, -0.25) is 9.79 Å². The van der Waals surface area contributed by atoms with Crippen LogP contribution in [0, 0.1) is 0 Å². The van der Waals surface area contributed by atoms with Crippen molar-refractivity contribution >= 4 is 12.0 Å². The molecule has 0 aliphatic heterocycles. The molecule has 1 rings (SSSR count). The smallest absolute Gasteiger partial charge is 0.149 e. The Morgan fingerprint density at radius 3 is 2.53 bits per heavy atom. The maximum atomic E-state index is 10.5. The van der Waals surface area contributed by atoms with Crippen molar-refractivity contribution in [1.82, 2.24) is 0 Å². The largest absolute Gasteiger partial charge is 0.385 e. The first-order chi connectivity index (χ1) is 9.36. The number of hydrogen-bond donors (Lipinski definition) is 0. The van der Waals surface area contributed by atoms with Crippen molar-refractivity contribution in [2.75, 3.05) is 20.3 Å². The molecule has 0 atom stereocenters. The van der Waals surface area contributed by atoms with E-state index in [9.17, 15) is 4.79 Å². The van der Waals surface area contributed by atoms with Crippen molar-refractivity contribution in [3.05, 3.63) is 23.8 Å². The first kappa shape index (κ1) is 15.8. The number of allylic oxidation sites excluding steroid dienone is 4. The van der Waals surface area contributed by atoms with Crippen molar-refractivity contribution in [1.29, 1.82) is 0 Å². The number of aliphatic imine (C=N–C) groups is 1. The summed E-state index contributed by atoms with van der Waals surface area (Å²) in [5, 5.41) is 0. The van der Waals surface area contributed by atoms with Crippen LogP contribution in [0.15, 0.2) is 28.8 Å². The van der Waals surface area contributed by atoms with Crippen LogP contribution in [0.5, 0.6) is 0 Å². The Labute approximate surface area is 116 Å². The van der Waals surface area contributed by atoms with Crippen LogP contribution in [0.2, 0.25) is 0 Å². The number of hydrogen-bond acceptors (Lipinski definition) is 3. The summed E-state index contributed by atoms with van der Waals surface area (Å²) in [6.45, 7) is 1.79. The van der Waals surface area contributed by atoms with E-state index < -0.39 is 0 Å². The van der Waals surface area contributed by atoms with Gasteiger partial charge in [0.2, 0.25) is 0 Å². The molecule has 0 N–H and O–H groups in total. The highest BCUT2D eigenvalue weighted by Crippen LogP contribution is 2.08. The zero-order valence-corrected chi connectivity index (χ0v) is 11.9. The number of aldehydes is 1. The lowest BCUT2D eigenvalue weighted by Gasteiger charge is -2.04. The Balaban J connectivity index is 1.98. The van der Waals surface area contributed by atoms with Gasteiger partial charge in [0.15, 0.2) is 0 Å². The molecule has 0 saturated heterocycles. The third-order valence-corrected chi connectivity index (χ3v) is 3.22. The molecule has 3 nitrogen and oxygen atoms in total. The summed E-state index contributed by atoms with van der Waals surface area (Å²) in [5.41, 5.74) is 1.85. The standard InChI is InChI=1S/C16H25NO2/c1-19-13-7-5-3-2-4-6-12-17-16-10-8-15(14-18)9-11-16/h8-10,14H,2-7,11-13H2,1H3. The Bertz CT molecular complexity index is 343. The normalized spacial score (nSPS) is 16.7. The van der Waals surface area contributed by atoms with E-state index in [0.29, 0.717) is 0 Å². The third-order valence-electron chi connectivity index (χ3n) is 3.22. The highest BCUT2D eigenvalue weighted by atomic mass is 16.5. The van der Waals surface area contributed by atoms with E-state index in [1.165, 1.54) is 32.1 Å². The second-order valence-electron chi connectivity index (χ2n) is 4.85. The van der Waals surface area contributed by atoms with E-state index in [1.807, 2.05) is 18.2 Å². The lowest BCUT2D eigenvalue weighted by atomic mass is 10.1. The topological polar surface area (TPSA) is 38.7 Å². The molecule has 0 aromatic carbocycles. The molecule has 0 fully saturated rings. The second kappa shape index (κ2) is 10.7. The van der Waals surface area contributed by atoms with E-state index in [0.717, 1.165) is 43.6 Å². The molecule has 0 spiro atoms. The van der Waals surface area contributed by atoms with Gasteiger partial charge < -0.3 is 4.74 Å². The number of carbonyl (C=O) groups excluding carboxylic acids is 1. The molecule has 3 heteroatoms. The predicted octanol–water partition coefficient (Wildman–Crippen LogP) is 3.50. The van der Waals surface area contributed by atoms with Gasteiger partial charge in [0.25, 0.3) is 0 Å². The molecule has 0 radical (unpaired) electrons. The van der Waals surface area contributed by atoms with E-state index in [1.54, 1.807) is 7.11 Å². The Morgan fingerprint density at radius 1 is 1.16 bits per heavy atom. The highest BCUT2D eigenvalue weighted by Gasteiger charge is 2.00. The summed E-state index contributed by atoms with van der Waals surface area (Å²) in [4.78, 5) is 15.1. The molecule has 1 aliphatic rings. The summed E-state index contributed by atoms with van der Waals surface area (Å²) < 4.78 is 5.02. The van der Waals surface area contributed by atoms with E-state index in [-0.39, 0.29) is 0 Å². The number of carbonyl (C=O) groups is 1. The molecule has 0 bridgehead atoms. The molecule has 106 valence electrons. The molecule has 0 saturated carbocycles.